The van der Waals surface area contributed by atoms with Crippen LogP contribution in [0.4, 0.5) is 4.79 Å². The lowest BCUT2D eigenvalue weighted by molar-refractivity contribution is -0.128. The summed E-state index contributed by atoms with van der Waals surface area (Å²) < 4.78 is 5.43. The Morgan fingerprint density at radius 3 is 2.39 bits per heavy atom. The van der Waals surface area contributed by atoms with E-state index < -0.39 is 17.5 Å². The van der Waals surface area contributed by atoms with Gasteiger partial charge in [0.05, 0.1) is 18.5 Å². The van der Waals surface area contributed by atoms with E-state index in [1.165, 1.54) is 0 Å². The number of hydrogen-bond acceptors (Lipinski definition) is 4. The number of H-pyrrole nitrogens is 1. The van der Waals surface area contributed by atoms with Gasteiger partial charge in [0, 0.05) is 23.5 Å². The molecule has 3 N–H and O–H groups in total. The molecule has 0 spiro atoms. The number of alkyl carbamates (subject to hydrolysis) is 1. The van der Waals surface area contributed by atoms with Gasteiger partial charge in [-0.05, 0) is 29.7 Å². The first kappa shape index (κ1) is 24.6. The molecule has 3 aromatic carbocycles. The van der Waals surface area contributed by atoms with Gasteiger partial charge >= 0.3 is 6.09 Å². The van der Waals surface area contributed by atoms with Crippen LogP contribution in [0, 0.1) is 11.3 Å². The second-order valence-electron chi connectivity index (χ2n) is 8.75. The van der Waals surface area contributed by atoms with E-state index in [-0.39, 0.29) is 25.5 Å². The molecule has 1 heterocycles. The Morgan fingerprint density at radius 2 is 1.67 bits per heavy atom. The molecule has 1 aromatic heterocycles. The van der Waals surface area contributed by atoms with E-state index in [4.69, 9.17) is 4.74 Å². The van der Waals surface area contributed by atoms with Crippen LogP contribution < -0.4 is 10.6 Å². The highest BCUT2D eigenvalue weighted by Gasteiger charge is 2.42. The zero-order valence-corrected chi connectivity index (χ0v) is 20.0. The molecule has 0 aliphatic rings. The average Bonchev–Trinajstić information content (AvgIpc) is 3.31. The summed E-state index contributed by atoms with van der Waals surface area (Å²) in [6, 6.07) is 28.3. The van der Waals surface area contributed by atoms with Gasteiger partial charge in [0.1, 0.15) is 12.1 Å². The number of nitrogens with zero attached hydrogens (tertiary/aromatic N) is 1. The van der Waals surface area contributed by atoms with Gasteiger partial charge in [0.15, 0.2) is 0 Å². The Bertz CT molecular complexity index is 1360. The van der Waals surface area contributed by atoms with Crippen molar-refractivity contribution < 1.29 is 14.3 Å². The number of ether oxygens (including phenoxy) is 1. The number of aromatic nitrogens is 1. The molecular weight excluding hydrogens is 452 g/mol. The molecule has 4 aromatic rings. The molecule has 0 saturated heterocycles. The Balaban J connectivity index is 1.62. The highest BCUT2D eigenvalue weighted by atomic mass is 16.5. The minimum atomic E-state index is -1.55. The van der Waals surface area contributed by atoms with Gasteiger partial charge < -0.3 is 20.4 Å². The first-order valence-electron chi connectivity index (χ1n) is 11.8. The van der Waals surface area contributed by atoms with E-state index in [1.807, 2.05) is 98.0 Å². The lowest BCUT2D eigenvalue weighted by Crippen LogP contribution is -2.60. The van der Waals surface area contributed by atoms with Crippen molar-refractivity contribution in [3.8, 4) is 6.07 Å². The number of rotatable bonds is 9. The predicted molar refractivity (Wildman–Crippen MR) is 138 cm³/mol. The van der Waals surface area contributed by atoms with Crippen molar-refractivity contribution in [3.63, 3.8) is 0 Å². The molecule has 0 fully saturated rings. The van der Waals surface area contributed by atoms with Crippen LogP contribution in [-0.4, -0.2) is 22.5 Å². The Hall–Kier alpha value is -4.57. The number of carbonyl (C=O) groups excluding carboxylic acids is 2. The third-order valence-corrected chi connectivity index (χ3v) is 6.18. The molecule has 7 nitrogen and oxygen atoms in total. The largest absolute Gasteiger partial charge is 0.445 e. The molecule has 2 unspecified atom stereocenters. The van der Waals surface area contributed by atoms with Gasteiger partial charge in [-0.3, -0.25) is 4.79 Å². The van der Waals surface area contributed by atoms with E-state index in [2.05, 4.69) is 21.7 Å². The summed E-state index contributed by atoms with van der Waals surface area (Å²) in [5.74, 6) is -0.456. The topological polar surface area (TPSA) is 107 Å². The van der Waals surface area contributed by atoms with Crippen LogP contribution in [0.15, 0.2) is 91.1 Å². The van der Waals surface area contributed by atoms with Crippen LogP contribution in [-0.2, 0) is 22.6 Å². The molecule has 0 bridgehead atoms. The molecule has 36 heavy (non-hydrogen) atoms. The Morgan fingerprint density at radius 1 is 1.00 bits per heavy atom. The van der Waals surface area contributed by atoms with Gasteiger partial charge in [-0.15, -0.1) is 0 Å². The summed E-state index contributed by atoms with van der Waals surface area (Å²) in [4.78, 5) is 29.9. The molecule has 7 heteroatoms. The van der Waals surface area contributed by atoms with Crippen molar-refractivity contribution in [2.24, 2.45) is 0 Å². The fraction of sp³-hybridized carbons (Fsp3) is 0.207. The number of fused-ring (bicyclic) bond motifs is 1. The number of nitriles is 1. The number of para-hydroxylation sites is 1. The van der Waals surface area contributed by atoms with Gasteiger partial charge in [-0.25, -0.2) is 4.79 Å². The number of benzene rings is 3. The summed E-state index contributed by atoms with van der Waals surface area (Å²) in [7, 11) is 0. The maximum absolute atomic E-state index is 13.8. The van der Waals surface area contributed by atoms with Crippen LogP contribution in [0.25, 0.3) is 10.9 Å². The summed E-state index contributed by atoms with van der Waals surface area (Å²) >= 11 is 0. The third kappa shape index (κ3) is 5.73. The fourth-order valence-corrected chi connectivity index (χ4v) is 4.22. The summed E-state index contributed by atoms with van der Waals surface area (Å²) in [5.41, 5.74) is 1.90. The molecular formula is C29H28N4O3. The lowest BCUT2D eigenvalue weighted by atomic mass is 9.86. The SMILES string of the molecule is CC(NC(=O)C(CC#N)(Cc1c[nH]c2ccccc12)NC(=O)OCc1ccccc1)c1ccccc1. The summed E-state index contributed by atoms with van der Waals surface area (Å²) in [6.45, 7) is 1.91. The molecule has 2 amide bonds. The second-order valence-corrected chi connectivity index (χ2v) is 8.75. The molecule has 0 radical (unpaired) electrons. The number of amides is 2. The van der Waals surface area contributed by atoms with Crippen LogP contribution in [0.2, 0.25) is 0 Å². The molecule has 2 atom stereocenters. The number of aromatic amines is 1. The molecule has 0 aliphatic heterocycles. The predicted octanol–water partition coefficient (Wildman–Crippen LogP) is 5.17. The van der Waals surface area contributed by atoms with Gasteiger partial charge in [-0.1, -0.05) is 78.9 Å². The fourth-order valence-electron chi connectivity index (χ4n) is 4.22. The number of nitrogens with one attached hydrogen (secondary N) is 3. The maximum Gasteiger partial charge on any atom is 0.408 e. The van der Waals surface area contributed by atoms with Crippen molar-refractivity contribution >= 4 is 22.9 Å². The monoisotopic (exact) mass is 480 g/mol. The van der Waals surface area contributed by atoms with Crippen molar-refractivity contribution in [3.05, 3.63) is 108 Å². The van der Waals surface area contributed by atoms with Gasteiger partial charge in [0.2, 0.25) is 5.91 Å². The van der Waals surface area contributed by atoms with Gasteiger partial charge in [0.25, 0.3) is 0 Å². The normalized spacial score (nSPS) is 13.2. The summed E-state index contributed by atoms with van der Waals surface area (Å²) in [6.07, 6.45) is 0.914. The van der Waals surface area contributed by atoms with E-state index in [9.17, 15) is 14.9 Å². The molecule has 0 aliphatic carbocycles. The quantitative estimate of drug-likeness (QED) is 0.307. The van der Waals surface area contributed by atoms with Crippen molar-refractivity contribution in [1.29, 1.82) is 5.26 Å². The smallest absolute Gasteiger partial charge is 0.408 e. The van der Waals surface area contributed by atoms with E-state index >= 15 is 0 Å². The molecule has 0 saturated carbocycles. The molecule has 182 valence electrons. The number of hydrogen-bond donors (Lipinski definition) is 3. The zero-order valence-electron chi connectivity index (χ0n) is 20.0. The highest BCUT2D eigenvalue weighted by Crippen LogP contribution is 2.26. The van der Waals surface area contributed by atoms with Crippen LogP contribution >= 0.6 is 0 Å². The molecule has 4 rings (SSSR count). The van der Waals surface area contributed by atoms with Crippen LogP contribution in [0.1, 0.15) is 36.1 Å². The lowest BCUT2D eigenvalue weighted by Gasteiger charge is -2.32. The second kappa shape index (κ2) is 11.2. The minimum Gasteiger partial charge on any atom is -0.445 e. The van der Waals surface area contributed by atoms with Crippen LogP contribution in [0.3, 0.4) is 0 Å². The van der Waals surface area contributed by atoms with E-state index in [0.29, 0.717) is 0 Å². The Labute approximate surface area is 210 Å². The van der Waals surface area contributed by atoms with E-state index in [1.54, 1.807) is 0 Å². The number of carbonyl (C=O) groups is 2. The van der Waals surface area contributed by atoms with Crippen molar-refractivity contribution in [2.45, 2.75) is 38.0 Å². The van der Waals surface area contributed by atoms with Crippen molar-refractivity contribution in [2.75, 3.05) is 0 Å². The van der Waals surface area contributed by atoms with Crippen LogP contribution in [0.5, 0.6) is 0 Å². The first-order chi connectivity index (χ1) is 17.5. The summed E-state index contributed by atoms with van der Waals surface area (Å²) in [5, 5.41) is 16.4. The van der Waals surface area contributed by atoms with E-state index in [0.717, 1.165) is 27.6 Å². The third-order valence-electron chi connectivity index (χ3n) is 6.18. The van der Waals surface area contributed by atoms with Gasteiger partial charge in [-0.2, -0.15) is 5.26 Å². The standard InChI is InChI=1S/C29H28N4O3/c1-21(23-12-6-3-7-13-23)32-27(34)29(16-17-30,18-24-19-31-26-15-9-8-14-25(24)26)33-28(35)36-20-22-10-4-2-5-11-22/h2-15,19,21,31H,16,18,20H2,1H3,(H,32,34)(H,33,35). The minimum absolute atomic E-state index is 0.0461. The Kier molecular flexibility index (Phi) is 7.66. The first-order valence-corrected chi connectivity index (χ1v) is 11.8. The maximum atomic E-state index is 13.8. The highest BCUT2D eigenvalue weighted by molar-refractivity contribution is 5.92. The van der Waals surface area contributed by atoms with Crippen molar-refractivity contribution in [1.82, 2.24) is 15.6 Å². The average molecular weight is 481 g/mol. The zero-order chi connectivity index (χ0) is 25.4.